The maximum absolute atomic E-state index is 12.3. The molecule has 1 aromatic rings. The van der Waals surface area contributed by atoms with E-state index in [1.807, 2.05) is 0 Å². The van der Waals surface area contributed by atoms with Crippen LogP contribution in [0.4, 0.5) is 22.0 Å². The van der Waals surface area contributed by atoms with Gasteiger partial charge in [0.05, 0.1) is 13.2 Å². The van der Waals surface area contributed by atoms with Gasteiger partial charge in [0.1, 0.15) is 6.61 Å². The van der Waals surface area contributed by atoms with Gasteiger partial charge in [-0.3, -0.25) is 9.69 Å². The fourth-order valence-electron chi connectivity index (χ4n) is 2.76. The molecule has 0 bridgehead atoms. The van der Waals surface area contributed by atoms with Crippen molar-refractivity contribution in [3.05, 3.63) is 35.4 Å². The molecule has 2 rings (SSSR count). The Bertz CT molecular complexity index is 570. The van der Waals surface area contributed by atoms with E-state index in [1.54, 1.807) is 4.90 Å². The number of halogens is 5. The number of ether oxygens (including phenoxy) is 1. The van der Waals surface area contributed by atoms with Gasteiger partial charge in [0.15, 0.2) is 0 Å². The van der Waals surface area contributed by atoms with E-state index in [0.717, 1.165) is 0 Å². The van der Waals surface area contributed by atoms with Gasteiger partial charge >= 0.3 is 6.18 Å². The Hall–Kier alpha value is -1.74. The first-order chi connectivity index (χ1) is 12.2. The smallest absolute Gasteiger partial charge is 0.367 e. The summed E-state index contributed by atoms with van der Waals surface area (Å²) in [5.74, 6) is -0.292. The molecule has 1 saturated heterocycles. The molecular weight excluding hydrogens is 359 g/mol. The van der Waals surface area contributed by atoms with Crippen molar-refractivity contribution in [2.75, 3.05) is 26.2 Å². The van der Waals surface area contributed by atoms with Gasteiger partial charge in [-0.25, -0.2) is 8.78 Å². The highest BCUT2D eigenvalue weighted by atomic mass is 19.4. The minimum Gasteiger partial charge on any atom is -0.367 e. The number of nitrogens with zero attached hydrogens (tertiary/aromatic N) is 1. The summed E-state index contributed by atoms with van der Waals surface area (Å²) in [4.78, 5) is 13.9. The summed E-state index contributed by atoms with van der Waals surface area (Å²) in [5, 5.41) is 2.86. The molecule has 0 atom stereocenters. The molecule has 0 aliphatic carbocycles. The average Bonchev–Trinajstić information content (AvgIpc) is 2.55. The first kappa shape index (κ1) is 20.6. The normalized spacial score (nSPS) is 16.8. The molecule has 0 spiro atoms. The van der Waals surface area contributed by atoms with Gasteiger partial charge in [-0.1, -0.05) is 12.1 Å². The number of hydrogen-bond acceptors (Lipinski definition) is 3. The van der Waals surface area contributed by atoms with Gasteiger partial charge in [0, 0.05) is 24.7 Å². The van der Waals surface area contributed by atoms with Crippen LogP contribution in [-0.2, 0) is 11.3 Å². The van der Waals surface area contributed by atoms with Gasteiger partial charge in [0.2, 0.25) is 0 Å². The molecule has 0 unspecified atom stereocenters. The first-order valence-corrected chi connectivity index (χ1v) is 8.28. The molecule has 0 radical (unpaired) electrons. The lowest BCUT2D eigenvalue weighted by Crippen LogP contribution is -2.45. The van der Waals surface area contributed by atoms with Crippen molar-refractivity contribution < 1.29 is 31.5 Å². The van der Waals surface area contributed by atoms with Crippen LogP contribution < -0.4 is 5.32 Å². The Labute approximate surface area is 148 Å². The van der Waals surface area contributed by atoms with Crippen molar-refractivity contribution in [1.29, 1.82) is 0 Å². The Morgan fingerprint density at radius 1 is 1.19 bits per heavy atom. The van der Waals surface area contributed by atoms with Crippen molar-refractivity contribution in [2.45, 2.75) is 38.1 Å². The predicted octanol–water partition coefficient (Wildman–Crippen LogP) is 3.22. The molecule has 0 aromatic heterocycles. The molecule has 1 aliphatic heterocycles. The van der Waals surface area contributed by atoms with E-state index >= 15 is 0 Å². The highest BCUT2D eigenvalue weighted by Gasteiger charge is 2.27. The monoisotopic (exact) mass is 380 g/mol. The molecule has 1 aromatic carbocycles. The lowest BCUT2D eigenvalue weighted by molar-refractivity contribution is -0.176. The fraction of sp³-hybridized carbons (Fsp3) is 0.588. The molecule has 1 N–H and O–H groups in total. The number of carbonyl (C=O) groups is 1. The Balaban J connectivity index is 1.76. The van der Waals surface area contributed by atoms with Crippen molar-refractivity contribution >= 4 is 5.91 Å². The summed E-state index contributed by atoms with van der Waals surface area (Å²) in [5.41, 5.74) is 0.922. The molecule has 1 fully saturated rings. The molecular formula is C17H21F5N2O2. The first-order valence-electron chi connectivity index (χ1n) is 8.28. The van der Waals surface area contributed by atoms with Crippen molar-refractivity contribution in [2.24, 2.45) is 0 Å². The number of carbonyl (C=O) groups excluding carboxylic acids is 1. The number of amides is 1. The lowest BCUT2D eigenvalue weighted by atomic mass is 10.0. The zero-order chi connectivity index (χ0) is 19.2. The number of benzene rings is 1. The zero-order valence-corrected chi connectivity index (χ0v) is 14.1. The van der Waals surface area contributed by atoms with E-state index in [-0.39, 0.29) is 25.1 Å². The van der Waals surface area contributed by atoms with Gasteiger partial charge in [-0.2, -0.15) is 13.2 Å². The molecule has 1 amide bonds. The van der Waals surface area contributed by atoms with E-state index in [9.17, 15) is 26.7 Å². The molecule has 0 saturated carbocycles. The largest absolute Gasteiger partial charge is 0.411 e. The number of nitrogens with one attached hydrogen (secondary N) is 1. The highest BCUT2D eigenvalue weighted by molar-refractivity contribution is 5.94. The summed E-state index contributed by atoms with van der Waals surface area (Å²) in [6.45, 7) is -0.752. The summed E-state index contributed by atoms with van der Waals surface area (Å²) in [7, 11) is 0. The third kappa shape index (κ3) is 7.25. The number of alkyl halides is 5. The van der Waals surface area contributed by atoms with Gasteiger partial charge in [0.25, 0.3) is 12.3 Å². The molecule has 146 valence electrons. The van der Waals surface area contributed by atoms with Gasteiger partial charge < -0.3 is 10.1 Å². The van der Waals surface area contributed by atoms with Crippen molar-refractivity contribution in [3.63, 3.8) is 0 Å². The Kier molecular flexibility index (Phi) is 7.33. The van der Waals surface area contributed by atoms with E-state index in [4.69, 9.17) is 0 Å². The van der Waals surface area contributed by atoms with Gasteiger partial charge in [-0.15, -0.1) is 0 Å². The second-order valence-electron chi connectivity index (χ2n) is 6.24. The Morgan fingerprint density at radius 3 is 2.35 bits per heavy atom. The molecule has 1 heterocycles. The number of hydrogen-bond donors (Lipinski definition) is 1. The van der Waals surface area contributed by atoms with Crippen LogP contribution in [0.15, 0.2) is 24.3 Å². The van der Waals surface area contributed by atoms with Crippen molar-refractivity contribution in [1.82, 2.24) is 10.2 Å². The van der Waals surface area contributed by atoms with Crippen LogP contribution >= 0.6 is 0 Å². The summed E-state index contributed by atoms with van der Waals surface area (Å²) in [6, 6.07) is 6.04. The topological polar surface area (TPSA) is 41.6 Å². The molecule has 9 heteroatoms. The quantitative estimate of drug-likeness (QED) is 0.739. The second-order valence-corrected chi connectivity index (χ2v) is 6.24. The van der Waals surface area contributed by atoms with Crippen molar-refractivity contribution in [3.8, 4) is 0 Å². The zero-order valence-electron chi connectivity index (χ0n) is 14.1. The maximum Gasteiger partial charge on any atom is 0.411 e. The minimum absolute atomic E-state index is 0.0776. The van der Waals surface area contributed by atoms with Crippen LogP contribution in [0, 0.1) is 0 Å². The summed E-state index contributed by atoms with van der Waals surface area (Å²) >= 11 is 0. The number of rotatable bonds is 7. The SMILES string of the molecule is O=C(NC1CCN(CC(F)F)CC1)c1ccc(COCC(F)(F)F)cc1. The van der Waals surface area contributed by atoms with E-state index in [0.29, 0.717) is 37.1 Å². The minimum atomic E-state index is -4.37. The third-order valence-corrected chi connectivity index (χ3v) is 4.07. The van der Waals surface area contributed by atoms with Gasteiger partial charge in [-0.05, 0) is 30.5 Å². The fourth-order valence-corrected chi connectivity index (χ4v) is 2.76. The van der Waals surface area contributed by atoms with Crippen LogP contribution in [0.3, 0.4) is 0 Å². The van der Waals surface area contributed by atoms with Crippen LogP contribution in [0.5, 0.6) is 0 Å². The van der Waals surface area contributed by atoms with Crippen LogP contribution in [-0.4, -0.2) is 55.7 Å². The number of likely N-dealkylation sites (tertiary alicyclic amines) is 1. The standard InChI is InChI=1S/C17H21F5N2O2/c18-15(19)9-24-7-5-14(6-8-24)23-16(25)13-3-1-12(2-4-13)10-26-11-17(20,21)22/h1-4,14-15H,5-11H2,(H,23,25). The second kappa shape index (κ2) is 9.27. The highest BCUT2D eigenvalue weighted by Crippen LogP contribution is 2.16. The Morgan fingerprint density at radius 2 is 1.81 bits per heavy atom. The van der Waals surface area contributed by atoms with Crippen LogP contribution in [0.2, 0.25) is 0 Å². The molecule has 4 nitrogen and oxygen atoms in total. The average molecular weight is 380 g/mol. The third-order valence-electron chi connectivity index (χ3n) is 4.07. The van der Waals surface area contributed by atoms with E-state index in [1.165, 1.54) is 24.3 Å². The molecule has 26 heavy (non-hydrogen) atoms. The molecule has 1 aliphatic rings. The summed E-state index contributed by atoms with van der Waals surface area (Å²) < 4.78 is 65.3. The van der Waals surface area contributed by atoms with E-state index in [2.05, 4.69) is 10.1 Å². The van der Waals surface area contributed by atoms with E-state index < -0.39 is 19.2 Å². The van der Waals surface area contributed by atoms with Crippen LogP contribution in [0.1, 0.15) is 28.8 Å². The van der Waals surface area contributed by atoms with Crippen LogP contribution in [0.25, 0.3) is 0 Å². The predicted molar refractivity (Wildman–Crippen MR) is 85.1 cm³/mol. The lowest BCUT2D eigenvalue weighted by Gasteiger charge is -2.32. The number of piperidine rings is 1. The summed E-state index contributed by atoms with van der Waals surface area (Å²) in [6.07, 6.45) is -5.53. The maximum atomic E-state index is 12.3.